The molecule has 230 valence electrons. The predicted molar refractivity (Wildman–Crippen MR) is 172 cm³/mol. The third-order valence-electron chi connectivity index (χ3n) is 9.48. The first-order valence-electron chi connectivity index (χ1n) is 15.3. The summed E-state index contributed by atoms with van der Waals surface area (Å²) in [4.78, 5) is 15.8. The number of aryl methyl sites for hydroxylation is 4. The zero-order valence-corrected chi connectivity index (χ0v) is 27.0. The van der Waals surface area contributed by atoms with E-state index >= 15 is 0 Å². The molecule has 5 aromatic rings. The Morgan fingerprint density at radius 2 is 1.91 bits per heavy atom. The van der Waals surface area contributed by atoms with Crippen LogP contribution in [-0.2, 0) is 36.7 Å². The van der Waals surface area contributed by atoms with Gasteiger partial charge in [-0.2, -0.15) is 5.10 Å². The summed E-state index contributed by atoms with van der Waals surface area (Å²) < 4.78 is 15.6. The smallest absolute Gasteiger partial charge is 0.312 e. The van der Waals surface area contributed by atoms with Crippen molar-refractivity contribution in [2.75, 3.05) is 13.7 Å². The number of nitrogens with zero attached hydrogens (tertiary/aromatic N) is 6. The van der Waals surface area contributed by atoms with Gasteiger partial charge in [0.25, 0.3) is 0 Å². The minimum atomic E-state index is -0.838. The fourth-order valence-electron chi connectivity index (χ4n) is 6.93. The Morgan fingerprint density at radius 3 is 2.66 bits per heavy atom. The highest BCUT2D eigenvalue weighted by molar-refractivity contribution is 5.84. The van der Waals surface area contributed by atoms with Crippen LogP contribution in [0.2, 0.25) is 0 Å². The zero-order valence-electron chi connectivity index (χ0n) is 27.0. The fourth-order valence-corrected chi connectivity index (χ4v) is 6.93. The molecule has 2 atom stereocenters. The van der Waals surface area contributed by atoms with Gasteiger partial charge in [0.2, 0.25) is 0 Å². The number of carbonyl (C=O) groups excluding carboxylic acids is 1. The summed E-state index contributed by atoms with van der Waals surface area (Å²) >= 11 is 0. The summed E-state index contributed by atoms with van der Waals surface area (Å²) in [6.45, 7) is 12.7. The van der Waals surface area contributed by atoms with Crippen molar-refractivity contribution in [1.82, 2.24) is 29.7 Å². The Bertz CT molecular complexity index is 1870. The van der Waals surface area contributed by atoms with Crippen molar-refractivity contribution in [2.45, 2.75) is 66.2 Å². The monoisotopic (exact) mass is 594 g/mol. The van der Waals surface area contributed by atoms with Gasteiger partial charge in [-0.3, -0.25) is 14.4 Å². The molecule has 0 fully saturated rings. The minimum absolute atomic E-state index is 0.0813. The predicted octanol–water partition coefficient (Wildman–Crippen LogP) is 5.98. The van der Waals surface area contributed by atoms with Gasteiger partial charge in [-0.15, -0.1) is 5.10 Å². The van der Waals surface area contributed by atoms with Gasteiger partial charge >= 0.3 is 5.97 Å². The van der Waals surface area contributed by atoms with E-state index in [9.17, 15) is 4.79 Å². The van der Waals surface area contributed by atoms with Crippen LogP contribution in [0.3, 0.4) is 0 Å². The molecule has 1 aliphatic heterocycles. The normalized spacial score (nSPS) is 16.5. The van der Waals surface area contributed by atoms with Gasteiger partial charge in [-0.25, -0.2) is 4.68 Å². The van der Waals surface area contributed by atoms with Gasteiger partial charge in [0.05, 0.1) is 29.8 Å². The molecular weight excluding hydrogens is 552 g/mol. The molecule has 44 heavy (non-hydrogen) atoms. The van der Waals surface area contributed by atoms with Gasteiger partial charge in [0.1, 0.15) is 17.4 Å². The SMILES string of the molecule is CC[C@@H]1CN(Cc2cc(C(c3ccc4c(nnn4C)c3C)C(C)(C)C(=O)OC)ccc2C)Cc2c(ccc3cnn(C)c23)O1. The van der Waals surface area contributed by atoms with Gasteiger partial charge in [0.15, 0.2) is 0 Å². The highest BCUT2D eigenvalue weighted by Gasteiger charge is 2.41. The van der Waals surface area contributed by atoms with E-state index in [1.807, 2.05) is 44.9 Å². The summed E-state index contributed by atoms with van der Waals surface area (Å²) in [7, 11) is 5.35. The lowest BCUT2D eigenvalue weighted by Gasteiger charge is -2.34. The second-order valence-electron chi connectivity index (χ2n) is 12.8. The van der Waals surface area contributed by atoms with Crippen LogP contribution >= 0.6 is 0 Å². The minimum Gasteiger partial charge on any atom is -0.489 e. The number of hydrogen-bond donors (Lipinski definition) is 0. The maximum Gasteiger partial charge on any atom is 0.312 e. The summed E-state index contributed by atoms with van der Waals surface area (Å²) in [6, 6.07) is 15.0. The Hall–Kier alpha value is -4.24. The highest BCUT2D eigenvalue weighted by atomic mass is 16.5. The van der Waals surface area contributed by atoms with Crippen molar-refractivity contribution in [1.29, 1.82) is 0 Å². The average molecular weight is 595 g/mol. The maximum absolute atomic E-state index is 13.3. The number of ether oxygens (including phenoxy) is 2. The molecule has 0 N–H and O–H groups in total. The molecule has 2 aromatic heterocycles. The topological polar surface area (TPSA) is 87.3 Å². The highest BCUT2D eigenvalue weighted by Crippen LogP contribution is 2.44. The van der Waals surface area contributed by atoms with Crippen molar-refractivity contribution in [3.63, 3.8) is 0 Å². The Balaban J connectivity index is 1.43. The molecule has 0 saturated heterocycles. The molecular formula is C35H42N6O3. The Morgan fingerprint density at radius 1 is 1.11 bits per heavy atom. The molecule has 3 heterocycles. The number of benzene rings is 3. The van der Waals surface area contributed by atoms with E-state index in [-0.39, 0.29) is 18.0 Å². The molecule has 0 spiro atoms. The van der Waals surface area contributed by atoms with Gasteiger partial charge < -0.3 is 9.47 Å². The van der Waals surface area contributed by atoms with Crippen LogP contribution < -0.4 is 4.74 Å². The molecule has 0 bridgehead atoms. The third kappa shape index (κ3) is 5.03. The summed E-state index contributed by atoms with van der Waals surface area (Å²) in [5.41, 5.74) is 8.82. The molecule has 0 radical (unpaired) electrons. The van der Waals surface area contributed by atoms with E-state index in [4.69, 9.17) is 9.47 Å². The van der Waals surface area contributed by atoms with Crippen molar-refractivity contribution >= 4 is 27.9 Å². The second kappa shape index (κ2) is 11.4. The number of methoxy groups -OCH3 is 1. The number of fused-ring (bicyclic) bond motifs is 4. The molecule has 9 nitrogen and oxygen atoms in total. The van der Waals surface area contributed by atoms with E-state index in [1.165, 1.54) is 23.8 Å². The quantitative estimate of drug-likeness (QED) is 0.214. The number of carbonyl (C=O) groups is 1. The van der Waals surface area contributed by atoms with Crippen molar-refractivity contribution in [2.24, 2.45) is 19.5 Å². The molecule has 0 amide bonds. The van der Waals surface area contributed by atoms with Crippen LogP contribution in [0.25, 0.3) is 21.9 Å². The van der Waals surface area contributed by atoms with E-state index in [0.717, 1.165) is 70.4 Å². The fraction of sp³-hybridized carbons (Fsp3) is 0.429. The largest absolute Gasteiger partial charge is 0.489 e. The summed E-state index contributed by atoms with van der Waals surface area (Å²) in [5.74, 6) is 0.428. The Labute approximate surface area is 258 Å². The van der Waals surface area contributed by atoms with Gasteiger partial charge in [-0.05, 0) is 80.1 Å². The number of esters is 1. The molecule has 1 unspecified atom stereocenters. The zero-order chi connectivity index (χ0) is 31.3. The maximum atomic E-state index is 13.3. The average Bonchev–Trinajstić information content (AvgIpc) is 3.52. The summed E-state index contributed by atoms with van der Waals surface area (Å²) in [6.07, 6.45) is 2.91. The van der Waals surface area contributed by atoms with Crippen LogP contribution in [-0.4, -0.2) is 55.4 Å². The summed E-state index contributed by atoms with van der Waals surface area (Å²) in [5, 5.41) is 14.3. The number of hydrogen-bond acceptors (Lipinski definition) is 7. The van der Waals surface area contributed by atoms with E-state index in [2.05, 4.69) is 77.5 Å². The van der Waals surface area contributed by atoms with Crippen molar-refractivity contribution < 1.29 is 14.3 Å². The van der Waals surface area contributed by atoms with E-state index < -0.39 is 5.41 Å². The lowest BCUT2D eigenvalue weighted by atomic mass is 9.69. The lowest BCUT2D eigenvalue weighted by molar-refractivity contribution is -0.151. The number of rotatable bonds is 7. The first-order chi connectivity index (χ1) is 21.0. The molecule has 9 heteroatoms. The molecule has 0 aliphatic carbocycles. The number of aromatic nitrogens is 5. The molecule has 3 aromatic carbocycles. The van der Waals surface area contributed by atoms with Crippen LogP contribution in [0.15, 0.2) is 48.7 Å². The van der Waals surface area contributed by atoms with E-state index in [1.54, 1.807) is 4.68 Å². The lowest BCUT2D eigenvalue weighted by Crippen LogP contribution is -2.34. The molecule has 1 aliphatic rings. The third-order valence-corrected chi connectivity index (χ3v) is 9.48. The van der Waals surface area contributed by atoms with Crippen LogP contribution in [0.5, 0.6) is 5.75 Å². The first kappa shape index (κ1) is 29.8. The van der Waals surface area contributed by atoms with Gasteiger partial charge in [-0.1, -0.05) is 36.4 Å². The second-order valence-corrected chi connectivity index (χ2v) is 12.8. The molecule has 6 rings (SSSR count). The Kier molecular flexibility index (Phi) is 7.70. The van der Waals surface area contributed by atoms with E-state index in [0.29, 0.717) is 0 Å². The first-order valence-corrected chi connectivity index (χ1v) is 15.3. The standard InChI is InChI=1S/C35H42N6O3/c1-9-26-19-41(20-28-30(44-26)15-12-24-17-36-40(7)33(24)28)18-25-16-23(11-10-21(25)2)31(35(4,5)34(42)43-8)27-13-14-29-32(22(27)3)37-38-39(29)6/h10-17,26,31H,9,18-20H2,1-8H3/t26-,31?/m1/s1. The van der Waals surface area contributed by atoms with Gasteiger partial charge in [0, 0.05) is 50.6 Å². The van der Waals surface area contributed by atoms with Crippen LogP contribution in [0.4, 0.5) is 0 Å². The van der Waals surface area contributed by atoms with Crippen LogP contribution in [0, 0.1) is 19.3 Å². The van der Waals surface area contributed by atoms with Crippen molar-refractivity contribution in [3.8, 4) is 5.75 Å². The van der Waals surface area contributed by atoms with Crippen LogP contribution in [0.1, 0.15) is 66.5 Å². The molecule has 0 saturated carbocycles. The van der Waals surface area contributed by atoms with Crippen molar-refractivity contribution in [3.05, 3.63) is 82.0 Å².